The Balaban J connectivity index is 1.52. The van der Waals surface area contributed by atoms with Crippen molar-refractivity contribution >= 4 is 5.91 Å². The van der Waals surface area contributed by atoms with Crippen molar-refractivity contribution in [2.24, 2.45) is 0 Å². The molecular weight excluding hydrogens is 394 g/mol. The number of H-pyrrole nitrogens is 2. The lowest BCUT2D eigenvalue weighted by atomic mass is 9.77. The molecule has 1 spiro atoms. The highest BCUT2D eigenvalue weighted by molar-refractivity contribution is 5.92. The molecular formula is C23H23N5O3. The smallest absolute Gasteiger partial charge is 0.270 e. The van der Waals surface area contributed by atoms with Crippen LogP contribution in [0.2, 0.25) is 0 Å². The monoisotopic (exact) mass is 417 g/mol. The van der Waals surface area contributed by atoms with Crippen LogP contribution in [0.1, 0.15) is 46.7 Å². The average Bonchev–Trinajstić information content (AvgIpc) is 3.11. The molecule has 158 valence electrons. The maximum atomic E-state index is 13.2. The van der Waals surface area contributed by atoms with Gasteiger partial charge in [-0.25, -0.2) is 4.98 Å². The van der Waals surface area contributed by atoms with Crippen molar-refractivity contribution in [2.45, 2.75) is 38.0 Å². The van der Waals surface area contributed by atoms with Crippen LogP contribution in [0.3, 0.4) is 0 Å². The van der Waals surface area contributed by atoms with Crippen molar-refractivity contribution in [3.05, 3.63) is 79.9 Å². The molecule has 1 atom stereocenters. The van der Waals surface area contributed by atoms with Gasteiger partial charge in [0.1, 0.15) is 11.5 Å². The molecule has 0 saturated carbocycles. The first-order valence-corrected chi connectivity index (χ1v) is 10.5. The van der Waals surface area contributed by atoms with Gasteiger partial charge in [0.15, 0.2) is 5.43 Å². The predicted octanol–water partition coefficient (Wildman–Crippen LogP) is 1.95. The number of nitrogens with zero attached hydrogens (tertiary/aromatic N) is 3. The Morgan fingerprint density at radius 2 is 2.06 bits per heavy atom. The van der Waals surface area contributed by atoms with E-state index in [9.17, 15) is 14.4 Å². The van der Waals surface area contributed by atoms with Gasteiger partial charge in [0, 0.05) is 59.9 Å². The summed E-state index contributed by atoms with van der Waals surface area (Å²) in [5.74, 6) is 0.315. The zero-order valence-corrected chi connectivity index (χ0v) is 17.3. The Hall–Kier alpha value is -3.55. The molecule has 2 N–H and O–H groups in total. The Bertz CT molecular complexity index is 1280. The van der Waals surface area contributed by atoms with Gasteiger partial charge in [-0.2, -0.15) is 0 Å². The number of fused-ring (bicyclic) bond motifs is 2. The van der Waals surface area contributed by atoms with Gasteiger partial charge < -0.3 is 14.9 Å². The summed E-state index contributed by atoms with van der Waals surface area (Å²) in [4.78, 5) is 54.5. The van der Waals surface area contributed by atoms with Gasteiger partial charge in [-0.15, -0.1) is 0 Å². The van der Waals surface area contributed by atoms with E-state index in [0.717, 1.165) is 30.5 Å². The molecule has 4 heterocycles. The normalized spacial score (nSPS) is 20.1. The molecule has 0 aromatic carbocycles. The van der Waals surface area contributed by atoms with E-state index in [4.69, 9.17) is 4.98 Å². The van der Waals surface area contributed by atoms with Gasteiger partial charge in [-0.3, -0.25) is 19.4 Å². The van der Waals surface area contributed by atoms with Crippen LogP contribution in [0.4, 0.5) is 0 Å². The summed E-state index contributed by atoms with van der Waals surface area (Å²) in [7, 11) is 0. The fraction of sp³-hybridized carbons (Fsp3) is 0.348. The molecule has 0 radical (unpaired) electrons. The summed E-state index contributed by atoms with van der Waals surface area (Å²) in [6.45, 7) is 2.86. The number of nitrogens with one attached hydrogen (secondary N) is 2. The zero-order chi connectivity index (χ0) is 21.6. The van der Waals surface area contributed by atoms with Crippen LogP contribution in [0.5, 0.6) is 0 Å². The molecule has 1 saturated heterocycles. The van der Waals surface area contributed by atoms with Gasteiger partial charge in [0.05, 0.1) is 5.69 Å². The minimum absolute atomic E-state index is 0.118. The number of amides is 1. The van der Waals surface area contributed by atoms with Gasteiger partial charge in [-0.1, -0.05) is 0 Å². The molecule has 1 aliphatic carbocycles. The van der Waals surface area contributed by atoms with E-state index < -0.39 is 0 Å². The number of pyridine rings is 2. The largest absolute Gasteiger partial charge is 0.354 e. The number of carbonyl (C=O) groups is 1. The zero-order valence-electron chi connectivity index (χ0n) is 17.3. The number of aromatic amines is 2. The Labute approximate surface area is 178 Å². The topological polar surface area (TPSA) is 112 Å². The highest BCUT2D eigenvalue weighted by atomic mass is 16.2. The van der Waals surface area contributed by atoms with Crippen molar-refractivity contribution in [1.82, 2.24) is 24.8 Å². The minimum Gasteiger partial charge on any atom is -0.354 e. The van der Waals surface area contributed by atoms with Crippen molar-refractivity contribution < 1.29 is 4.79 Å². The fourth-order valence-electron chi connectivity index (χ4n) is 4.96. The fourth-order valence-corrected chi connectivity index (χ4v) is 4.96. The number of aromatic nitrogens is 4. The van der Waals surface area contributed by atoms with E-state index in [1.165, 1.54) is 12.1 Å². The van der Waals surface area contributed by atoms with Crippen molar-refractivity contribution in [3.63, 3.8) is 0 Å². The van der Waals surface area contributed by atoms with Gasteiger partial charge in [0.2, 0.25) is 0 Å². The second kappa shape index (κ2) is 7.30. The average molecular weight is 417 g/mol. The molecule has 8 nitrogen and oxygen atoms in total. The van der Waals surface area contributed by atoms with Crippen molar-refractivity contribution in [2.75, 3.05) is 13.1 Å². The van der Waals surface area contributed by atoms with Crippen LogP contribution < -0.4 is 11.0 Å². The summed E-state index contributed by atoms with van der Waals surface area (Å²) in [6, 6.07) is 6.49. The number of hydrogen-bond donors (Lipinski definition) is 2. The first kappa shape index (κ1) is 19.4. The number of likely N-dealkylation sites (tertiary alicyclic amines) is 1. The SMILES string of the molecule is Cc1cc(=O)cc(C(=O)N2CCCC3(CCc4c3nc(-c3cccnc3)[nH]c4=O)C2)[nH]1. The maximum absolute atomic E-state index is 13.2. The van der Waals surface area contributed by atoms with Crippen LogP contribution in [0, 0.1) is 6.92 Å². The van der Waals surface area contributed by atoms with E-state index in [1.54, 1.807) is 24.2 Å². The summed E-state index contributed by atoms with van der Waals surface area (Å²) in [5, 5.41) is 0. The first-order valence-electron chi connectivity index (χ1n) is 10.5. The molecule has 1 aliphatic heterocycles. The van der Waals surface area contributed by atoms with Crippen molar-refractivity contribution in [3.8, 4) is 11.4 Å². The molecule has 1 unspecified atom stereocenters. The number of carbonyl (C=O) groups excluding carboxylic acids is 1. The third-order valence-corrected chi connectivity index (χ3v) is 6.38. The van der Waals surface area contributed by atoms with Crippen LogP contribution in [-0.4, -0.2) is 43.8 Å². The molecule has 31 heavy (non-hydrogen) atoms. The van der Waals surface area contributed by atoms with E-state index in [1.807, 2.05) is 12.1 Å². The standard InChI is InChI=1S/C23H23N5O3/c1-14-10-16(29)11-18(25-14)22(31)28-9-3-6-23(13-28)7-5-17-19(23)26-20(27-21(17)30)15-4-2-8-24-12-15/h2,4,8,10-12H,3,5-7,9,13H2,1H3,(H,25,29)(H,26,27,30). The van der Waals surface area contributed by atoms with Crippen LogP contribution in [0.25, 0.3) is 11.4 Å². The van der Waals surface area contributed by atoms with Gasteiger partial charge in [-0.05, 0) is 44.7 Å². The molecule has 0 bridgehead atoms. The Kier molecular flexibility index (Phi) is 4.57. The third-order valence-electron chi connectivity index (χ3n) is 6.38. The third kappa shape index (κ3) is 3.37. The summed E-state index contributed by atoms with van der Waals surface area (Å²) in [6.07, 6.45) is 6.47. The van der Waals surface area contributed by atoms with Gasteiger partial charge in [0.25, 0.3) is 11.5 Å². The molecule has 1 fully saturated rings. The highest BCUT2D eigenvalue weighted by Crippen LogP contribution is 2.43. The quantitative estimate of drug-likeness (QED) is 0.662. The van der Waals surface area contributed by atoms with E-state index in [-0.39, 0.29) is 22.3 Å². The second-order valence-corrected chi connectivity index (χ2v) is 8.51. The summed E-state index contributed by atoms with van der Waals surface area (Å²) >= 11 is 0. The van der Waals surface area contributed by atoms with E-state index >= 15 is 0 Å². The number of piperidine rings is 1. The van der Waals surface area contributed by atoms with Gasteiger partial charge >= 0.3 is 0 Å². The van der Waals surface area contributed by atoms with Crippen molar-refractivity contribution in [1.29, 1.82) is 0 Å². The molecule has 2 aliphatic rings. The molecule has 3 aromatic heterocycles. The number of hydrogen-bond acceptors (Lipinski definition) is 5. The Morgan fingerprint density at radius 3 is 2.84 bits per heavy atom. The minimum atomic E-state index is -0.349. The molecule has 3 aromatic rings. The van der Waals surface area contributed by atoms with Crippen LogP contribution >= 0.6 is 0 Å². The summed E-state index contributed by atoms with van der Waals surface area (Å²) < 4.78 is 0. The lowest BCUT2D eigenvalue weighted by Crippen LogP contribution is -2.48. The van der Waals surface area contributed by atoms with E-state index in [2.05, 4.69) is 15.0 Å². The summed E-state index contributed by atoms with van der Waals surface area (Å²) in [5.41, 5.74) is 2.57. The maximum Gasteiger partial charge on any atom is 0.270 e. The highest BCUT2D eigenvalue weighted by Gasteiger charge is 2.46. The van der Waals surface area contributed by atoms with E-state index in [0.29, 0.717) is 42.3 Å². The molecule has 1 amide bonds. The lowest BCUT2D eigenvalue weighted by molar-refractivity contribution is 0.0627. The first-order chi connectivity index (χ1) is 14.9. The number of aryl methyl sites for hydroxylation is 1. The Morgan fingerprint density at radius 1 is 1.19 bits per heavy atom. The molecule has 5 rings (SSSR count). The van der Waals surface area contributed by atoms with Crippen LogP contribution in [0.15, 0.2) is 46.2 Å². The number of rotatable bonds is 2. The predicted molar refractivity (Wildman–Crippen MR) is 115 cm³/mol. The molecule has 8 heteroatoms. The van der Waals surface area contributed by atoms with Crippen LogP contribution in [-0.2, 0) is 11.8 Å². The lowest BCUT2D eigenvalue weighted by Gasteiger charge is -2.40. The second-order valence-electron chi connectivity index (χ2n) is 8.51.